The van der Waals surface area contributed by atoms with Crippen molar-refractivity contribution in [1.29, 1.82) is 0 Å². The van der Waals surface area contributed by atoms with Crippen LogP contribution in [0.2, 0.25) is 0 Å². The minimum absolute atomic E-state index is 0.0613. The lowest BCUT2D eigenvalue weighted by Crippen LogP contribution is -2.30. The number of fused-ring (bicyclic) bond motifs is 3. The van der Waals surface area contributed by atoms with Crippen molar-refractivity contribution >= 4 is 11.7 Å². The number of nitrogens with one attached hydrogen (secondary N) is 1. The van der Waals surface area contributed by atoms with Crippen LogP contribution in [0.3, 0.4) is 0 Å². The molecule has 1 heterocycles. The molecule has 0 saturated carbocycles. The molecule has 0 amide bonds. The standard InChI is InChI=1S/C21H18F3NO2/c1-27-20(26)13-10-8-12(9-11-13)18-15-5-2-4-14(15)16-6-3-7-17(19(16)25-18)21(22,23)24/h2-4,6-11,14-15,18,25H,5H2,1H3/t14-,15+,18+/m0/s1. The number of carbonyl (C=O) groups is 1. The lowest BCUT2D eigenvalue weighted by Gasteiger charge is -2.38. The van der Waals surface area contributed by atoms with Crippen LogP contribution in [-0.4, -0.2) is 13.1 Å². The van der Waals surface area contributed by atoms with Gasteiger partial charge in [0.25, 0.3) is 0 Å². The Kier molecular flexibility index (Phi) is 4.21. The van der Waals surface area contributed by atoms with Crippen molar-refractivity contribution in [1.82, 2.24) is 0 Å². The second-order valence-corrected chi connectivity index (χ2v) is 6.86. The molecule has 2 aromatic rings. The molecule has 0 saturated heterocycles. The van der Waals surface area contributed by atoms with Gasteiger partial charge < -0.3 is 10.1 Å². The summed E-state index contributed by atoms with van der Waals surface area (Å²) >= 11 is 0. The third kappa shape index (κ3) is 2.99. The van der Waals surface area contributed by atoms with Crippen LogP contribution < -0.4 is 5.32 Å². The number of benzene rings is 2. The van der Waals surface area contributed by atoms with Crippen LogP contribution in [0.1, 0.15) is 45.4 Å². The average Bonchev–Trinajstić information content (AvgIpc) is 3.15. The maximum absolute atomic E-state index is 13.5. The van der Waals surface area contributed by atoms with Gasteiger partial charge in [-0.3, -0.25) is 0 Å². The van der Waals surface area contributed by atoms with Crippen molar-refractivity contribution < 1.29 is 22.7 Å². The summed E-state index contributed by atoms with van der Waals surface area (Å²) in [6.07, 6.45) is 0.395. The van der Waals surface area contributed by atoms with E-state index in [2.05, 4.69) is 5.32 Å². The molecule has 140 valence electrons. The fraction of sp³-hybridized carbons (Fsp3) is 0.286. The molecule has 2 aliphatic rings. The summed E-state index contributed by atoms with van der Waals surface area (Å²) in [5, 5.41) is 3.15. The number of halogens is 3. The molecule has 1 aliphatic heterocycles. The van der Waals surface area contributed by atoms with E-state index >= 15 is 0 Å². The van der Waals surface area contributed by atoms with Crippen molar-refractivity contribution in [3.8, 4) is 0 Å². The molecule has 27 heavy (non-hydrogen) atoms. The summed E-state index contributed by atoms with van der Waals surface area (Å²) in [5.74, 6) is -0.373. The highest BCUT2D eigenvalue weighted by Gasteiger charge is 2.42. The predicted molar refractivity (Wildman–Crippen MR) is 95.6 cm³/mol. The van der Waals surface area contributed by atoms with Crippen LogP contribution in [0, 0.1) is 5.92 Å². The number of ether oxygens (including phenoxy) is 1. The number of esters is 1. The molecule has 0 spiro atoms. The van der Waals surface area contributed by atoms with Crippen LogP contribution in [0.4, 0.5) is 18.9 Å². The zero-order valence-electron chi connectivity index (χ0n) is 14.6. The van der Waals surface area contributed by atoms with Crippen molar-refractivity contribution in [2.45, 2.75) is 24.6 Å². The Morgan fingerprint density at radius 1 is 1.15 bits per heavy atom. The molecule has 4 rings (SSSR count). The first kappa shape index (κ1) is 17.6. The average molecular weight is 373 g/mol. The number of alkyl halides is 3. The summed E-state index contributed by atoms with van der Waals surface area (Å²) < 4.78 is 45.3. The normalized spacial score (nSPS) is 23.3. The predicted octanol–water partition coefficient (Wildman–Crippen LogP) is 5.32. The molecule has 2 aromatic carbocycles. The lowest BCUT2D eigenvalue weighted by atomic mass is 9.76. The lowest BCUT2D eigenvalue weighted by molar-refractivity contribution is -0.137. The molecule has 3 nitrogen and oxygen atoms in total. The van der Waals surface area contributed by atoms with E-state index in [1.54, 1.807) is 30.3 Å². The maximum atomic E-state index is 13.5. The second-order valence-electron chi connectivity index (χ2n) is 6.86. The Morgan fingerprint density at radius 3 is 2.56 bits per heavy atom. The number of hydrogen-bond donors (Lipinski definition) is 1. The van der Waals surface area contributed by atoms with E-state index in [0.717, 1.165) is 18.1 Å². The molecule has 3 atom stereocenters. The molecule has 1 N–H and O–H groups in total. The van der Waals surface area contributed by atoms with E-state index in [9.17, 15) is 18.0 Å². The fourth-order valence-corrected chi connectivity index (χ4v) is 4.13. The van der Waals surface area contributed by atoms with Crippen molar-refractivity contribution in [3.05, 3.63) is 76.9 Å². The number of rotatable bonds is 2. The van der Waals surface area contributed by atoms with Crippen molar-refractivity contribution in [2.75, 3.05) is 12.4 Å². The molecule has 1 aliphatic carbocycles. The van der Waals surface area contributed by atoms with Gasteiger partial charge in [0.2, 0.25) is 0 Å². The van der Waals surface area contributed by atoms with Gasteiger partial charge in [-0.1, -0.05) is 36.4 Å². The van der Waals surface area contributed by atoms with Gasteiger partial charge in [-0.15, -0.1) is 0 Å². The Labute approximate surface area is 154 Å². The van der Waals surface area contributed by atoms with E-state index in [0.29, 0.717) is 11.1 Å². The summed E-state index contributed by atoms with van der Waals surface area (Å²) in [6.45, 7) is 0. The van der Waals surface area contributed by atoms with E-state index in [1.165, 1.54) is 13.2 Å². The molecule has 0 bridgehead atoms. The summed E-state index contributed by atoms with van der Waals surface area (Å²) in [4.78, 5) is 11.6. The largest absolute Gasteiger partial charge is 0.465 e. The Bertz CT molecular complexity index is 903. The quantitative estimate of drug-likeness (QED) is 0.572. The van der Waals surface area contributed by atoms with Gasteiger partial charge in [0.05, 0.1) is 30.0 Å². The summed E-state index contributed by atoms with van der Waals surface area (Å²) in [5.41, 5.74) is 1.46. The minimum atomic E-state index is -4.42. The number of carbonyl (C=O) groups excluding carboxylic acids is 1. The number of anilines is 1. The molecule has 0 fully saturated rings. The molecule has 0 aromatic heterocycles. The highest BCUT2D eigenvalue weighted by molar-refractivity contribution is 5.89. The van der Waals surface area contributed by atoms with E-state index in [4.69, 9.17) is 4.74 Å². The molecular formula is C21H18F3NO2. The van der Waals surface area contributed by atoms with Crippen molar-refractivity contribution in [2.24, 2.45) is 5.92 Å². The van der Waals surface area contributed by atoms with Gasteiger partial charge in [0.15, 0.2) is 0 Å². The molecule has 6 heteroatoms. The van der Waals surface area contributed by atoms with E-state index in [-0.39, 0.29) is 23.6 Å². The zero-order valence-corrected chi connectivity index (χ0v) is 14.6. The smallest absolute Gasteiger partial charge is 0.418 e. The second kappa shape index (κ2) is 6.44. The van der Waals surface area contributed by atoms with Crippen LogP contribution in [0.15, 0.2) is 54.6 Å². The Morgan fingerprint density at radius 2 is 1.89 bits per heavy atom. The van der Waals surface area contributed by atoms with Crippen molar-refractivity contribution in [3.63, 3.8) is 0 Å². The third-order valence-corrected chi connectivity index (χ3v) is 5.39. The number of hydrogen-bond acceptors (Lipinski definition) is 3. The van der Waals surface area contributed by atoms with E-state index in [1.807, 2.05) is 12.2 Å². The summed E-state index contributed by atoms with van der Waals surface area (Å²) in [7, 11) is 1.31. The highest BCUT2D eigenvalue weighted by Crippen LogP contribution is 2.52. The monoisotopic (exact) mass is 373 g/mol. The fourth-order valence-electron chi connectivity index (χ4n) is 4.13. The molecule has 0 radical (unpaired) electrons. The van der Waals surface area contributed by atoms with Crippen LogP contribution in [0.25, 0.3) is 0 Å². The number of allylic oxidation sites excluding steroid dienone is 2. The number of methoxy groups -OCH3 is 1. The zero-order chi connectivity index (χ0) is 19.2. The first-order valence-electron chi connectivity index (χ1n) is 8.71. The number of para-hydroxylation sites is 1. The first-order valence-corrected chi connectivity index (χ1v) is 8.71. The van der Waals surface area contributed by atoms with Gasteiger partial charge in [0, 0.05) is 5.92 Å². The maximum Gasteiger partial charge on any atom is 0.418 e. The summed E-state index contributed by atoms with van der Waals surface area (Å²) in [6, 6.07) is 10.9. The van der Waals surface area contributed by atoms with Gasteiger partial charge in [-0.25, -0.2) is 4.79 Å². The third-order valence-electron chi connectivity index (χ3n) is 5.39. The van der Waals surface area contributed by atoms with E-state index < -0.39 is 17.7 Å². The molecular weight excluding hydrogens is 355 g/mol. The van der Waals surface area contributed by atoms with Crippen LogP contribution in [-0.2, 0) is 10.9 Å². The minimum Gasteiger partial charge on any atom is -0.465 e. The Hall–Kier alpha value is -2.76. The van der Waals surface area contributed by atoms with Gasteiger partial charge >= 0.3 is 12.1 Å². The topological polar surface area (TPSA) is 38.3 Å². The first-order chi connectivity index (χ1) is 12.9. The highest BCUT2D eigenvalue weighted by atomic mass is 19.4. The SMILES string of the molecule is COC(=O)c1ccc([C@H]2Nc3c(cccc3C(F)(F)F)[C@H]3C=CC[C@H]32)cc1. The van der Waals surface area contributed by atoms with Crippen LogP contribution >= 0.6 is 0 Å². The van der Waals surface area contributed by atoms with Gasteiger partial charge in [-0.2, -0.15) is 13.2 Å². The van der Waals surface area contributed by atoms with Gasteiger partial charge in [-0.05, 0) is 41.7 Å². The molecule has 0 unspecified atom stereocenters. The Balaban J connectivity index is 1.76. The van der Waals surface area contributed by atoms with Gasteiger partial charge in [0.1, 0.15) is 0 Å². The van der Waals surface area contributed by atoms with Crippen LogP contribution in [0.5, 0.6) is 0 Å².